The van der Waals surface area contributed by atoms with Crippen molar-refractivity contribution in [2.75, 3.05) is 14.2 Å². The first kappa shape index (κ1) is 32.7. The van der Waals surface area contributed by atoms with E-state index in [2.05, 4.69) is 19.8 Å². The number of methoxy groups -OCH3 is 2. The summed E-state index contributed by atoms with van der Waals surface area (Å²) in [5.41, 5.74) is 0.678. The van der Waals surface area contributed by atoms with Gasteiger partial charge in [-0.1, -0.05) is 38.1 Å². The van der Waals surface area contributed by atoms with E-state index in [1.165, 1.54) is 43.3 Å². The summed E-state index contributed by atoms with van der Waals surface area (Å²) in [6, 6.07) is 6.41. The van der Waals surface area contributed by atoms with E-state index in [4.69, 9.17) is 4.74 Å². The monoisotopic (exact) mass is 574 g/mol. The molecule has 204 valence electrons. The zero-order chi connectivity index (χ0) is 28.0. The third-order valence-corrected chi connectivity index (χ3v) is 5.61. The third-order valence-electron chi connectivity index (χ3n) is 5.61. The maximum absolute atomic E-state index is 13.6. The van der Waals surface area contributed by atoms with Gasteiger partial charge in [-0.05, 0) is 18.1 Å². The minimum absolute atomic E-state index is 0. The zero-order valence-electron chi connectivity index (χ0n) is 22.0. The van der Waals surface area contributed by atoms with E-state index in [0.717, 1.165) is 12.1 Å². The zero-order valence-corrected chi connectivity index (χ0v) is 24.2. The van der Waals surface area contributed by atoms with E-state index in [1.54, 1.807) is 12.1 Å². The number of aromatic nitrogens is 4. The normalized spacial score (nSPS) is 13.3. The van der Waals surface area contributed by atoms with E-state index in [9.17, 15) is 28.2 Å². The Kier molecular flexibility index (Phi) is 11.9. The smallest absolute Gasteiger partial charge is 0.469 e. The molecule has 0 bridgehead atoms. The Morgan fingerprint density at radius 3 is 2.51 bits per heavy atom. The Balaban J connectivity index is 0.00000533. The van der Waals surface area contributed by atoms with Crippen LogP contribution in [0.4, 0.5) is 13.2 Å². The van der Waals surface area contributed by atoms with Gasteiger partial charge in [-0.25, -0.2) is 9.67 Å². The fourth-order valence-corrected chi connectivity index (χ4v) is 3.80. The van der Waals surface area contributed by atoms with Crippen molar-refractivity contribution in [1.82, 2.24) is 19.7 Å². The molecule has 0 aliphatic heterocycles. The van der Waals surface area contributed by atoms with Crippen LogP contribution in [-0.2, 0) is 15.7 Å². The van der Waals surface area contributed by atoms with Crippen LogP contribution in [0.1, 0.15) is 49.4 Å². The van der Waals surface area contributed by atoms with Gasteiger partial charge >= 0.3 is 55.9 Å². The molecule has 2 N–H and O–H groups in total. The van der Waals surface area contributed by atoms with Crippen molar-refractivity contribution in [1.29, 1.82) is 0 Å². The molecule has 2 atom stereocenters. The van der Waals surface area contributed by atoms with Crippen LogP contribution in [-0.4, -0.2) is 100 Å². The standard InChI is InChI=1S/C26H29F3N4O5.Ca/c1-15(2)23-20(9-8-18(34)13-19(35)14-22(36)37-3)24(16-6-5-7-17(12-16)26(27,28)29)33(32-23)21-10-11-30-25(31-21)38-4;/h5-12,15,18-19,34-35H,13-14H2,1-4H3;/q;+2/b9-8+;/t18-,19-;/m1./s1. The van der Waals surface area contributed by atoms with Crippen LogP contribution in [0.15, 0.2) is 42.6 Å². The maximum atomic E-state index is 13.6. The number of rotatable bonds is 10. The minimum atomic E-state index is -4.57. The molecule has 9 nitrogen and oxygen atoms in total. The molecular weight excluding hydrogens is 545 g/mol. The van der Waals surface area contributed by atoms with E-state index < -0.39 is 29.9 Å². The van der Waals surface area contributed by atoms with E-state index in [-0.39, 0.29) is 73.9 Å². The molecule has 2 aromatic heterocycles. The molecule has 3 aromatic rings. The van der Waals surface area contributed by atoms with Crippen LogP contribution in [0.5, 0.6) is 6.01 Å². The molecule has 0 radical (unpaired) electrons. The van der Waals surface area contributed by atoms with Crippen LogP contribution < -0.4 is 4.74 Å². The quantitative estimate of drug-likeness (QED) is 0.277. The largest absolute Gasteiger partial charge is 2.00 e. The van der Waals surface area contributed by atoms with Crippen LogP contribution >= 0.6 is 0 Å². The van der Waals surface area contributed by atoms with Gasteiger partial charge in [-0.2, -0.15) is 23.3 Å². The Labute approximate surface area is 253 Å². The second-order valence-corrected chi connectivity index (χ2v) is 8.79. The number of hydrogen-bond donors (Lipinski definition) is 2. The summed E-state index contributed by atoms with van der Waals surface area (Å²) in [5, 5.41) is 25.2. The Morgan fingerprint density at radius 1 is 1.18 bits per heavy atom. The summed E-state index contributed by atoms with van der Waals surface area (Å²) in [7, 11) is 2.58. The van der Waals surface area contributed by atoms with E-state index >= 15 is 0 Å². The number of esters is 1. The van der Waals surface area contributed by atoms with Gasteiger partial charge in [-0.15, -0.1) is 0 Å². The van der Waals surface area contributed by atoms with Gasteiger partial charge in [0.1, 0.15) is 0 Å². The van der Waals surface area contributed by atoms with Gasteiger partial charge < -0.3 is 19.7 Å². The molecule has 0 saturated heterocycles. The van der Waals surface area contributed by atoms with E-state index in [0.29, 0.717) is 17.0 Å². The number of carbonyl (C=O) groups excluding carboxylic acids is 1. The number of halogens is 3. The van der Waals surface area contributed by atoms with Gasteiger partial charge in [0.25, 0.3) is 0 Å². The van der Waals surface area contributed by atoms with Gasteiger partial charge in [0.2, 0.25) is 0 Å². The predicted octanol–water partition coefficient (Wildman–Crippen LogP) is 3.79. The number of hydrogen-bond acceptors (Lipinski definition) is 8. The van der Waals surface area contributed by atoms with Crippen LogP contribution in [0.2, 0.25) is 0 Å². The first-order valence-corrected chi connectivity index (χ1v) is 11.7. The third kappa shape index (κ3) is 8.49. The Bertz CT molecular complexity index is 1300. The summed E-state index contributed by atoms with van der Waals surface area (Å²) in [6.45, 7) is 3.74. The van der Waals surface area contributed by atoms with Crippen molar-refractivity contribution in [3.8, 4) is 23.1 Å². The number of benzene rings is 1. The SMILES string of the molecule is COC(=O)C[C@H](O)C[C@H](O)/C=C/c1c(C(C)C)nn(-c2ccnc(OC)n2)c1-c1cccc(C(F)(F)F)c1.[Ca+2]. The second kappa shape index (κ2) is 14.2. The number of nitrogens with zero attached hydrogens (tertiary/aromatic N) is 4. The number of aliphatic hydroxyl groups is 2. The van der Waals surface area contributed by atoms with Crippen molar-refractivity contribution >= 4 is 49.8 Å². The van der Waals surface area contributed by atoms with Gasteiger partial charge in [0.05, 0.1) is 49.8 Å². The number of carbonyl (C=O) groups is 1. The molecule has 0 unspecified atom stereocenters. The fraction of sp³-hybridized carbons (Fsp3) is 0.385. The average molecular weight is 575 g/mol. The van der Waals surface area contributed by atoms with Crippen LogP contribution in [0, 0.1) is 0 Å². The number of aliphatic hydroxyl groups excluding tert-OH is 2. The van der Waals surface area contributed by atoms with Crippen molar-refractivity contribution in [2.45, 2.75) is 51.0 Å². The topological polar surface area (TPSA) is 120 Å². The molecule has 0 saturated carbocycles. The van der Waals surface area contributed by atoms with Crippen molar-refractivity contribution < 1.29 is 37.7 Å². The first-order valence-electron chi connectivity index (χ1n) is 11.7. The van der Waals surface area contributed by atoms with Gasteiger partial charge in [-0.3, -0.25) is 4.79 Å². The first-order chi connectivity index (χ1) is 17.9. The predicted molar refractivity (Wildman–Crippen MR) is 138 cm³/mol. The summed E-state index contributed by atoms with van der Waals surface area (Å²) in [5.74, 6) is -0.518. The molecule has 0 fully saturated rings. The molecule has 13 heteroatoms. The van der Waals surface area contributed by atoms with E-state index in [1.807, 2.05) is 13.8 Å². The molecule has 0 aliphatic rings. The molecule has 1 aromatic carbocycles. The van der Waals surface area contributed by atoms with Crippen molar-refractivity contribution in [3.63, 3.8) is 0 Å². The molecule has 3 rings (SSSR count). The molecule has 0 amide bonds. The molecular formula is C26H29CaF3N4O5+2. The summed E-state index contributed by atoms with van der Waals surface area (Å²) >= 11 is 0. The molecule has 0 spiro atoms. The molecule has 0 aliphatic carbocycles. The molecule has 2 heterocycles. The van der Waals surface area contributed by atoms with Crippen LogP contribution in [0.3, 0.4) is 0 Å². The maximum Gasteiger partial charge on any atom is 2.00 e. The average Bonchev–Trinajstić information content (AvgIpc) is 3.26. The Hall–Kier alpha value is -2.51. The van der Waals surface area contributed by atoms with Crippen molar-refractivity contribution in [3.05, 3.63) is 59.4 Å². The number of ether oxygens (including phenoxy) is 2. The van der Waals surface area contributed by atoms with Crippen molar-refractivity contribution in [2.24, 2.45) is 0 Å². The summed E-state index contributed by atoms with van der Waals surface area (Å²) < 4.78 is 51.7. The second-order valence-electron chi connectivity index (χ2n) is 8.79. The van der Waals surface area contributed by atoms with Gasteiger partial charge in [0.15, 0.2) is 5.82 Å². The summed E-state index contributed by atoms with van der Waals surface area (Å²) in [4.78, 5) is 19.7. The fourth-order valence-electron chi connectivity index (χ4n) is 3.80. The van der Waals surface area contributed by atoms with Gasteiger partial charge in [0, 0.05) is 29.8 Å². The Morgan fingerprint density at radius 2 is 1.90 bits per heavy atom. The molecule has 39 heavy (non-hydrogen) atoms. The number of alkyl halides is 3. The van der Waals surface area contributed by atoms with Crippen LogP contribution in [0.25, 0.3) is 23.2 Å². The minimum Gasteiger partial charge on any atom is -0.469 e. The summed E-state index contributed by atoms with van der Waals surface area (Å²) in [6.07, 6.45) is -2.94.